The van der Waals surface area contributed by atoms with Crippen LogP contribution in [0, 0.1) is 11.8 Å². The molecule has 2 fully saturated rings. The number of likely N-dealkylation sites (tertiary alicyclic amines) is 1. The lowest BCUT2D eigenvalue weighted by molar-refractivity contribution is -0.143. The molecular weight excluding hydrogens is 312 g/mol. The Morgan fingerprint density at radius 1 is 1.20 bits per heavy atom. The van der Waals surface area contributed by atoms with Gasteiger partial charge in [0.2, 0.25) is 11.8 Å². The Bertz CT molecular complexity index is 597. The average Bonchev–Trinajstić information content (AvgIpc) is 3.50. The molecule has 0 radical (unpaired) electrons. The van der Waals surface area contributed by atoms with Crippen molar-refractivity contribution in [2.45, 2.75) is 58.5 Å². The van der Waals surface area contributed by atoms with E-state index in [1.54, 1.807) is 0 Å². The van der Waals surface area contributed by atoms with Gasteiger partial charge in [0.05, 0.1) is 5.92 Å². The molecule has 1 aromatic carbocycles. The second-order valence-electron chi connectivity index (χ2n) is 7.56. The van der Waals surface area contributed by atoms with Crippen LogP contribution in [0.5, 0.6) is 0 Å². The highest BCUT2D eigenvalue weighted by Crippen LogP contribution is 2.36. The number of nitrogens with zero attached hydrogens (tertiary/aromatic N) is 2. The fourth-order valence-corrected chi connectivity index (χ4v) is 3.90. The molecule has 4 nitrogen and oxygen atoms in total. The topological polar surface area (TPSA) is 40.6 Å². The molecule has 1 heterocycles. The minimum atomic E-state index is -0.0471. The lowest BCUT2D eigenvalue weighted by Gasteiger charge is -2.37. The van der Waals surface area contributed by atoms with Gasteiger partial charge < -0.3 is 9.80 Å². The number of benzene rings is 1. The summed E-state index contributed by atoms with van der Waals surface area (Å²) in [6.07, 6.45) is 4.80. The summed E-state index contributed by atoms with van der Waals surface area (Å²) in [5, 5.41) is 0. The molecule has 25 heavy (non-hydrogen) atoms. The molecule has 1 aliphatic carbocycles. The predicted molar refractivity (Wildman–Crippen MR) is 98.8 cm³/mol. The normalized spacial score (nSPS) is 21.7. The van der Waals surface area contributed by atoms with Crippen molar-refractivity contribution in [3.8, 4) is 0 Å². The predicted octanol–water partition coefficient (Wildman–Crippen LogP) is 3.46. The Morgan fingerprint density at radius 3 is 2.56 bits per heavy atom. The molecule has 0 bridgehead atoms. The lowest BCUT2D eigenvalue weighted by atomic mass is 9.95. The number of carbonyl (C=O) groups excluding carboxylic acids is 2. The molecule has 0 unspecified atom stereocenters. The Kier molecular flexibility index (Phi) is 5.77. The second-order valence-corrected chi connectivity index (χ2v) is 7.56. The van der Waals surface area contributed by atoms with Crippen molar-refractivity contribution in [1.29, 1.82) is 0 Å². The van der Waals surface area contributed by atoms with Crippen molar-refractivity contribution in [3.63, 3.8) is 0 Å². The molecule has 1 saturated heterocycles. The Labute approximate surface area is 151 Å². The van der Waals surface area contributed by atoms with Crippen LogP contribution in [0.4, 0.5) is 0 Å². The van der Waals surface area contributed by atoms with E-state index in [2.05, 4.69) is 24.0 Å². The van der Waals surface area contributed by atoms with Crippen molar-refractivity contribution in [2.75, 3.05) is 13.1 Å². The van der Waals surface area contributed by atoms with Gasteiger partial charge in [0.25, 0.3) is 0 Å². The standard InChI is InChI=1S/C21H30N2O2/c1-3-20(24)22-13-7-10-19(15-22)21(25)23(16(2)18-11-12-18)14-17-8-5-4-6-9-17/h4-6,8-9,16,18-19H,3,7,10-15H2,1-2H3/t16-,19+/m0/s1. The van der Waals surface area contributed by atoms with Gasteiger partial charge in [-0.1, -0.05) is 37.3 Å². The zero-order valence-electron chi connectivity index (χ0n) is 15.5. The Hall–Kier alpha value is -1.84. The number of hydrogen-bond acceptors (Lipinski definition) is 2. The molecule has 136 valence electrons. The number of piperidine rings is 1. The Balaban J connectivity index is 1.72. The third-order valence-corrected chi connectivity index (χ3v) is 5.70. The number of rotatable bonds is 6. The molecule has 0 aromatic heterocycles. The van der Waals surface area contributed by atoms with Crippen LogP contribution in [0.15, 0.2) is 30.3 Å². The molecule has 1 aliphatic heterocycles. The van der Waals surface area contributed by atoms with Gasteiger partial charge in [-0.25, -0.2) is 0 Å². The van der Waals surface area contributed by atoms with Crippen LogP contribution in [0.2, 0.25) is 0 Å². The van der Waals surface area contributed by atoms with Crippen LogP contribution in [-0.4, -0.2) is 40.7 Å². The fourth-order valence-electron chi connectivity index (χ4n) is 3.90. The minimum Gasteiger partial charge on any atom is -0.342 e. The zero-order valence-corrected chi connectivity index (χ0v) is 15.5. The summed E-state index contributed by atoms with van der Waals surface area (Å²) >= 11 is 0. The molecule has 2 amide bonds. The molecule has 1 aromatic rings. The summed E-state index contributed by atoms with van der Waals surface area (Å²) in [7, 11) is 0. The van der Waals surface area contributed by atoms with Crippen LogP contribution in [0.3, 0.4) is 0 Å². The first kappa shape index (κ1) is 18.0. The van der Waals surface area contributed by atoms with E-state index in [9.17, 15) is 9.59 Å². The fraction of sp³-hybridized carbons (Fsp3) is 0.619. The molecule has 0 N–H and O–H groups in total. The van der Waals surface area contributed by atoms with Crippen LogP contribution >= 0.6 is 0 Å². The third kappa shape index (κ3) is 4.42. The first-order valence-corrected chi connectivity index (χ1v) is 9.72. The number of carbonyl (C=O) groups is 2. The third-order valence-electron chi connectivity index (χ3n) is 5.70. The molecule has 2 aliphatic rings. The first-order chi connectivity index (χ1) is 12.1. The van der Waals surface area contributed by atoms with Crippen molar-refractivity contribution in [2.24, 2.45) is 11.8 Å². The number of hydrogen-bond donors (Lipinski definition) is 0. The van der Waals surface area contributed by atoms with Gasteiger partial charge in [-0.05, 0) is 44.1 Å². The molecule has 4 heteroatoms. The average molecular weight is 342 g/mol. The van der Waals surface area contributed by atoms with Crippen LogP contribution in [-0.2, 0) is 16.1 Å². The van der Waals surface area contributed by atoms with Gasteiger partial charge in [-0.15, -0.1) is 0 Å². The van der Waals surface area contributed by atoms with Gasteiger partial charge in [-0.2, -0.15) is 0 Å². The molecular formula is C21H30N2O2. The lowest BCUT2D eigenvalue weighted by Crippen LogP contribution is -2.49. The quantitative estimate of drug-likeness (QED) is 0.794. The maximum Gasteiger partial charge on any atom is 0.228 e. The maximum atomic E-state index is 13.3. The van der Waals surface area contributed by atoms with Crippen LogP contribution < -0.4 is 0 Å². The SMILES string of the molecule is CCC(=O)N1CCC[C@@H](C(=O)N(Cc2ccccc2)[C@@H](C)C2CC2)C1. The first-order valence-electron chi connectivity index (χ1n) is 9.72. The second kappa shape index (κ2) is 8.03. The number of amides is 2. The smallest absolute Gasteiger partial charge is 0.228 e. The Morgan fingerprint density at radius 2 is 1.92 bits per heavy atom. The van der Waals surface area contributed by atoms with Gasteiger partial charge in [0.15, 0.2) is 0 Å². The van der Waals surface area contributed by atoms with E-state index in [-0.39, 0.29) is 23.8 Å². The summed E-state index contributed by atoms with van der Waals surface area (Å²) in [6, 6.07) is 10.5. The van der Waals surface area contributed by atoms with Gasteiger partial charge in [0, 0.05) is 32.1 Å². The summed E-state index contributed by atoms with van der Waals surface area (Å²) < 4.78 is 0. The minimum absolute atomic E-state index is 0.0471. The van der Waals surface area contributed by atoms with Crippen molar-refractivity contribution >= 4 is 11.8 Å². The van der Waals surface area contributed by atoms with E-state index < -0.39 is 0 Å². The van der Waals surface area contributed by atoms with Gasteiger partial charge in [-0.3, -0.25) is 9.59 Å². The van der Waals surface area contributed by atoms with E-state index in [0.29, 0.717) is 25.4 Å². The monoisotopic (exact) mass is 342 g/mol. The van der Waals surface area contributed by atoms with E-state index in [1.807, 2.05) is 30.0 Å². The van der Waals surface area contributed by atoms with Crippen molar-refractivity contribution in [1.82, 2.24) is 9.80 Å². The van der Waals surface area contributed by atoms with E-state index in [4.69, 9.17) is 0 Å². The molecule has 3 rings (SSSR count). The van der Waals surface area contributed by atoms with Gasteiger partial charge in [0.1, 0.15) is 0 Å². The largest absolute Gasteiger partial charge is 0.342 e. The summed E-state index contributed by atoms with van der Waals surface area (Å²) in [6.45, 7) is 6.15. The highest BCUT2D eigenvalue weighted by atomic mass is 16.2. The molecule has 1 saturated carbocycles. The summed E-state index contributed by atoms with van der Waals surface area (Å²) in [4.78, 5) is 29.3. The van der Waals surface area contributed by atoms with E-state index in [0.717, 1.165) is 19.4 Å². The molecule has 0 spiro atoms. The van der Waals surface area contributed by atoms with E-state index >= 15 is 0 Å². The highest BCUT2D eigenvalue weighted by molar-refractivity contribution is 5.81. The summed E-state index contributed by atoms with van der Waals surface area (Å²) in [5.74, 6) is 0.998. The van der Waals surface area contributed by atoms with Crippen LogP contribution in [0.25, 0.3) is 0 Å². The van der Waals surface area contributed by atoms with Crippen molar-refractivity contribution in [3.05, 3.63) is 35.9 Å². The zero-order chi connectivity index (χ0) is 17.8. The molecule has 2 atom stereocenters. The van der Waals surface area contributed by atoms with Crippen LogP contribution in [0.1, 0.15) is 51.5 Å². The maximum absolute atomic E-state index is 13.3. The van der Waals surface area contributed by atoms with Gasteiger partial charge >= 0.3 is 0 Å². The highest BCUT2D eigenvalue weighted by Gasteiger charge is 2.38. The summed E-state index contributed by atoms with van der Waals surface area (Å²) in [5.41, 5.74) is 1.18. The van der Waals surface area contributed by atoms with Crippen molar-refractivity contribution < 1.29 is 9.59 Å². The van der Waals surface area contributed by atoms with E-state index in [1.165, 1.54) is 18.4 Å².